The van der Waals surface area contributed by atoms with E-state index in [2.05, 4.69) is 35.7 Å². The van der Waals surface area contributed by atoms with E-state index in [0.717, 1.165) is 16.3 Å². The van der Waals surface area contributed by atoms with E-state index >= 15 is 0 Å². The summed E-state index contributed by atoms with van der Waals surface area (Å²) in [6.07, 6.45) is 1.76. The number of hydrogen-bond acceptors (Lipinski definition) is 3. The highest BCUT2D eigenvalue weighted by Gasteiger charge is 2.42. The molecule has 22 heavy (non-hydrogen) atoms. The number of rotatable bonds is 1. The summed E-state index contributed by atoms with van der Waals surface area (Å²) in [6, 6.07) is 18.9. The topological polar surface area (TPSA) is 59.6 Å². The van der Waals surface area contributed by atoms with E-state index in [1.807, 2.05) is 38.1 Å². The second-order valence-electron chi connectivity index (χ2n) is 6.23. The van der Waals surface area contributed by atoms with Gasteiger partial charge in [-0.1, -0.05) is 42.5 Å². The van der Waals surface area contributed by atoms with Gasteiger partial charge in [-0.05, 0) is 30.2 Å². The quantitative estimate of drug-likeness (QED) is 0.866. The Bertz CT molecular complexity index is 828. The van der Waals surface area contributed by atoms with Gasteiger partial charge >= 0.3 is 0 Å². The predicted molar refractivity (Wildman–Crippen MR) is 86.7 cm³/mol. The van der Waals surface area contributed by atoms with E-state index in [-0.39, 0.29) is 17.4 Å². The smallest absolute Gasteiger partial charge is 0.0969 e. The van der Waals surface area contributed by atoms with Gasteiger partial charge in [0.15, 0.2) is 0 Å². The molecule has 2 aromatic carbocycles. The van der Waals surface area contributed by atoms with Crippen molar-refractivity contribution in [2.24, 2.45) is 5.92 Å². The number of allylic oxidation sites excluding steroid dienone is 1. The maximum atomic E-state index is 9.72. The van der Waals surface area contributed by atoms with E-state index < -0.39 is 0 Å². The average molecular weight is 287 g/mol. The fraction of sp³-hybridized carbons (Fsp3) is 0.263. The largest absolute Gasteiger partial charge is 0.384 e. The minimum Gasteiger partial charge on any atom is -0.384 e. The van der Waals surface area contributed by atoms with Gasteiger partial charge in [0.25, 0.3) is 0 Å². The number of nitrogens with one attached hydrogen (secondary N) is 1. The van der Waals surface area contributed by atoms with Crippen LogP contribution in [0.3, 0.4) is 0 Å². The summed E-state index contributed by atoms with van der Waals surface area (Å²) >= 11 is 0. The third-order valence-corrected chi connectivity index (χ3v) is 4.47. The minimum atomic E-state index is -0.378. The first kappa shape index (κ1) is 14.2. The number of nitriles is 2. The molecule has 2 unspecified atom stereocenters. The molecule has 1 heterocycles. The Labute approximate surface area is 130 Å². The maximum absolute atomic E-state index is 9.72. The molecule has 0 saturated heterocycles. The van der Waals surface area contributed by atoms with Crippen LogP contribution in [-0.4, -0.2) is 5.54 Å². The highest BCUT2D eigenvalue weighted by Crippen LogP contribution is 2.42. The van der Waals surface area contributed by atoms with Crippen molar-refractivity contribution < 1.29 is 0 Å². The first-order valence-corrected chi connectivity index (χ1v) is 7.33. The summed E-state index contributed by atoms with van der Waals surface area (Å²) in [5.74, 6) is -0.518. The lowest BCUT2D eigenvalue weighted by molar-refractivity contribution is 0.295. The second-order valence-corrected chi connectivity index (χ2v) is 6.23. The summed E-state index contributed by atoms with van der Waals surface area (Å²) in [7, 11) is 0. The number of fused-ring (bicyclic) bond motifs is 1. The van der Waals surface area contributed by atoms with Gasteiger partial charge in [0.1, 0.15) is 0 Å². The lowest BCUT2D eigenvalue weighted by Crippen LogP contribution is -2.48. The summed E-state index contributed by atoms with van der Waals surface area (Å²) in [4.78, 5) is 0. The standard InChI is InChI=1S/C19H17N3/c1-19(2)17(11-21)18(14(10-20)12-22-19)16-9-5-7-13-6-3-4-8-15(13)16/h3-9,12,17-18,22H,1-2H3. The number of hydrogen-bond donors (Lipinski definition) is 1. The van der Waals surface area contributed by atoms with Gasteiger partial charge < -0.3 is 5.32 Å². The third-order valence-electron chi connectivity index (χ3n) is 4.47. The molecule has 108 valence electrons. The molecule has 0 fully saturated rings. The van der Waals surface area contributed by atoms with Gasteiger partial charge in [0.05, 0.1) is 23.6 Å². The van der Waals surface area contributed by atoms with Gasteiger partial charge in [0, 0.05) is 17.7 Å². The van der Waals surface area contributed by atoms with Gasteiger partial charge in [-0.25, -0.2) is 0 Å². The molecule has 0 aliphatic carbocycles. The zero-order valence-corrected chi connectivity index (χ0v) is 12.7. The van der Waals surface area contributed by atoms with Crippen molar-refractivity contribution in [3.63, 3.8) is 0 Å². The van der Waals surface area contributed by atoms with Gasteiger partial charge in [-0.3, -0.25) is 0 Å². The van der Waals surface area contributed by atoms with E-state index in [0.29, 0.717) is 5.57 Å². The second kappa shape index (κ2) is 5.20. The van der Waals surface area contributed by atoms with Crippen LogP contribution in [0.25, 0.3) is 10.8 Å². The first-order chi connectivity index (χ1) is 10.6. The van der Waals surface area contributed by atoms with Crippen LogP contribution in [0.5, 0.6) is 0 Å². The van der Waals surface area contributed by atoms with Crippen molar-refractivity contribution in [1.29, 1.82) is 10.5 Å². The highest BCUT2D eigenvalue weighted by atomic mass is 15.0. The van der Waals surface area contributed by atoms with Crippen LogP contribution in [0.15, 0.2) is 54.2 Å². The monoisotopic (exact) mass is 287 g/mol. The van der Waals surface area contributed by atoms with Crippen molar-refractivity contribution in [3.05, 3.63) is 59.8 Å². The molecule has 0 amide bonds. The SMILES string of the molecule is CC1(C)NC=C(C#N)C(c2cccc3ccccc23)C1C#N. The molecule has 0 radical (unpaired) electrons. The van der Waals surface area contributed by atoms with Crippen LogP contribution in [0.4, 0.5) is 0 Å². The molecule has 2 atom stereocenters. The third kappa shape index (κ3) is 2.12. The summed E-state index contributed by atoms with van der Waals surface area (Å²) < 4.78 is 0. The van der Waals surface area contributed by atoms with Gasteiger partial charge in [-0.15, -0.1) is 0 Å². The van der Waals surface area contributed by atoms with Crippen molar-refractivity contribution in [2.45, 2.75) is 25.3 Å². The van der Waals surface area contributed by atoms with Gasteiger partial charge in [0.2, 0.25) is 0 Å². The molecule has 1 aliphatic heterocycles. The zero-order chi connectivity index (χ0) is 15.7. The molecule has 0 aromatic heterocycles. The first-order valence-electron chi connectivity index (χ1n) is 7.33. The molecule has 3 nitrogen and oxygen atoms in total. The summed E-state index contributed by atoms with van der Waals surface area (Å²) in [5, 5.41) is 24.7. The van der Waals surface area contributed by atoms with Crippen molar-refractivity contribution in [1.82, 2.24) is 5.32 Å². The normalized spacial score (nSPS) is 23.0. The van der Waals surface area contributed by atoms with Crippen molar-refractivity contribution >= 4 is 10.8 Å². The van der Waals surface area contributed by atoms with Crippen LogP contribution in [-0.2, 0) is 0 Å². The molecule has 0 spiro atoms. The van der Waals surface area contributed by atoms with Crippen LogP contribution in [0.2, 0.25) is 0 Å². The minimum absolute atomic E-state index is 0.211. The van der Waals surface area contributed by atoms with E-state index in [1.165, 1.54) is 0 Å². The fourth-order valence-corrected chi connectivity index (χ4v) is 3.25. The molecule has 3 rings (SSSR count). The Hall–Kier alpha value is -2.78. The van der Waals surface area contributed by atoms with Gasteiger partial charge in [-0.2, -0.15) is 10.5 Å². The van der Waals surface area contributed by atoms with E-state index in [1.54, 1.807) is 6.20 Å². The Morgan fingerprint density at radius 3 is 2.50 bits per heavy atom. The fourth-order valence-electron chi connectivity index (χ4n) is 3.25. The Morgan fingerprint density at radius 1 is 1.05 bits per heavy atom. The van der Waals surface area contributed by atoms with Crippen molar-refractivity contribution in [3.8, 4) is 12.1 Å². The molecule has 1 aliphatic rings. The lowest BCUT2D eigenvalue weighted by Gasteiger charge is -2.40. The van der Waals surface area contributed by atoms with E-state index in [9.17, 15) is 10.5 Å². The summed E-state index contributed by atoms with van der Waals surface area (Å²) in [6.45, 7) is 4.01. The number of benzene rings is 2. The molecule has 0 saturated carbocycles. The predicted octanol–water partition coefficient (Wildman–Crippen LogP) is 3.85. The lowest BCUT2D eigenvalue weighted by atomic mass is 9.69. The van der Waals surface area contributed by atoms with Crippen molar-refractivity contribution in [2.75, 3.05) is 0 Å². The molecule has 3 heteroatoms. The Balaban J connectivity index is 2.27. The zero-order valence-electron chi connectivity index (χ0n) is 12.7. The summed E-state index contributed by atoms with van der Waals surface area (Å²) in [5.41, 5.74) is 1.28. The van der Waals surface area contributed by atoms with Crippen LogP contribution < -0.4 is 5.32 Å². The van der Waals surface area contributed by atoms with Crippen LogP contribution in [0.1, 0.15) is 25.3 Å². The number of nitrogens with zero attached hydrogens (tertiary/aromatic N) is 2. The average Bonchev–Trinajstić information content (AvgIpc) is 2.53. The molecule has 2 aromatic rings. The molecule has 1 N–H and O–H groups in total. The molecular formula is C19H17N3. The highest BCUT2D eigenvalue weighted by molar-refractivity contribution is 5.86. The van der Waals surface area contributed by atoms with Crippen LogP contribution in [0, 0.1) is 28.6 Å². The maximum Gasteiger partial charge on any atom is 0.0969 e. The molecule has 0 bridgehead atoms. The Kier molecular flexibility index (Phi) is 3.35. The molecular weight excluding hydrogens is 270 g/mol. The van der Waals surface area contributed by atoms with Crippen LogP contribution >= 0.6 is 0 Å². The van der Waals surface area contributed by atoms with E-state index in [4.69, 9.17) is 0 Å². The Morgan fingerprint density at radius 2 is 1.77 bits per heavy atom.